The highest BCUT2D eigenvalue weighted by atomic mass is 35.5. The summed E-state index contributed by atoms with van der Waals surface area (Å²) in [5, 5.41) is 6.55. The van der Waals surface area contributed by atoms with Crippen LogP contribution in [0.5, 0.6) is 11.5 Å². The summed E-state index contributed by atoms with van der Waals surface area (Å²) in [6.45, 7) is 8.23. The third kappa shape index (κ3) is 6.73. The average Bonchev–Trinajstić information content (AvgIpc) is 2.85. The summed E-state index contributed by atoms with van der Waals surface area (Å²) in [6, 6.07) is 14.1. The van der Waals surface area contributed by atoms with Crippen LogP contribution >= 0.6 is 11.6 Å². The van der Waals surface area contributed by atoms with E-state index in [1.54, 1.807) is 25.3 Å². The third-order valence-corrected chi connectivity index (χ3v) is 7.08. The van der Waals surface area contributed by atoms with Crippen LogP contribution in [0.2, 0.25) is 5.02 Å². The Morgan fingerprint density at radius 3 is 2.40 bits per heavy atom. The first-order chi connectivity index (χ1) is 16.9. The van der Waals surface area contributed by atoms with Gasteiger partial charge in [0.15, 0.2) is 0 Å². The Balaban J connectivity index is 1.23. The van der Waals surface area contributed by atoms with Crippen molar-refractivity contribution in [1.82, 2.24) is 10.2 Å². The smallest absolute Gasteiger partial charge is 0.319 e. The molecule has 1 saturated heterocycles. The summed E-state index contributed by atoms with van der Waals surface area (Å²) in [5.74, 6) is 1.56. The SMILES string of the molecule is COc1ccc(Cl)cc1NC(=O)N[C@H]1CC[C@H](N2CCN(c3ccccc3OC(C)C)CC2)CC1. The number of methoxy groups -OCH3 is 1. The number of hydrogen-bond donors (Lipinski definition) is 2. The number of anilines is 2. The number of carbonyl (C=O) groups is 1. The first-order valence-corrected chi connectivity index (χ1v) is 13.0. The van der Waals surface area contributed by atoms with E-state index in [0.717, 1.165) is 57.6 Å². The Morgan fingerprint density at radius 2 is 1.71 bits per heavy atom. The van der Waals surface area contributed by atoms with Crippen LogP contribution in [0, 0.1) is 0 Å². The lowest BCUT2D eigenvalue weighted by molar-refractivity contribution is 0.137. The van der Waals surface area contributed by atoms with Crippen molar-refractivity contribution in [2.75, 3.05) is 43.5 Å². The highest BCUT2D eigenvalue weighted by Gasteiger charge is 2.29. The van der Waals surface area contributed by atoms with Crippen molar-refractivity contribution in [3.8, 4) is 11.5 Å². The van der Waals surface area contributed by atoms with Gasteiger partial charge in [0, 0.05) is 43.3 Å². The van der Waals surface area contributed by atoms with Crippen molar-refractivity contribution in [2.24, 2.45) is 0 Å². The molecule has 2 amide bonds. The predicted octanol–water partition coefficient (Wildman–Crippen LogP) is 5.39. The zero-order valence-corrected chi connectivity index (χ0v) is 21.7. The fourth-order valence-electron chi connectivity index (χ4n) is 5.11. The van der Waals surface area contributed by atoms with Gasteiger partial charge < -0.3 is 25.0 Å². The van der Waals surface area contributed by atoms with E-state index in [1.807, 2.05) is 6.07 Å². The standard InChI is InChI=1S/C27H37ClN4O3/c1-19(2)35-26-7-5-4-6-24(26)32-16-14-31(15-17-32)22-11-9-21(10-12-22)29-27(33)30-23-18-20(28)8-13-25(23)34-3/h4-8,13,18-19,21-22H,9-12,14-17H2,1-3H3,(H2,29,30,33)/t21-,22-. The maximum absolute atomic E-state index is 12.6. The van der Waals surface area contributed by atoms with Gasteiger partial charge >= 0.3 is 6.03 Å². The average molecular weight is 501 g/mol. The Kier molecular flexibility index (Phi) is 8.63. The largest absolute Gasteiger partial charge is 0.495 e. The van der Waals surface area contributed by atoms with Crippen LogP contribution in [-0.2, 0) is 0 Å². The Labute approximate surface area is 213 Å². The van der Waals surface area contributed by atoms with Crippen LogP contribution in [-0.4, -0.2) is 62.4 Å². The highest BCUT2D eigenvalue weighted by molar-refractivity contribution is 6.31. The van der Waals surface area contributed by atoms with Crippen LogP contribution in [0.1, 0.15) is 39.5 Å². The number of carbonyl (C=O) groups excluding carboxylic acids is 1. The van der Waals surface area contributed by atoms with Gasteiger partial charge in [-0.05, 0) is 69.9 Å². The molecule has 0 atom stereocenters. The Bertz CT molecular complexity index is 986. The molecule has 2 N–H and O–H groups in total. The van der Waals surface area contributed by atoms with E-state index in [4.69, 9.17) is 21.1 Å². The van der Waals surface area contributed by atoms with E-state index in [0.29, 0.717) is 22.5 Å². The Morgan fingerprint density at radius 1 is 1.00 bits per heavy atom. The molecule has 1 aliphatic carbocycles. The lowest BCUT2D eigenvalue weighted by Crippen LogP contribution is -2.52. The molecule has 0 unspecified atom stereocenters. The molecule has 35 heavy (non-hydrogen) atoms. The molecule has 1 heterocycles. The summed E-state index contributed by atoms with van der Waals surface area (Å²) in [7, 11) is 1.58. The molecule has 2 aromatic rings. The van der Waals surface area contributed by atoms with Crippen LogP contribution in [0.25, 0.3) is 0 Å². The quantitative estimate of drug-likeness (QED) is 0.533. The van der Waals surface area contributed by atoms with Gasteiger partial charge in [-0.15, -0.1) is 0 Å². The molecular weight excluding hydrogens is 464 g/mol. The normalized spacial score (nSPS) is 21.0. The molecule has 7 nitrogen and oxygen atoms in total. The van der Waals surface area contributed by atoms with Gasteiger partial charge in [-0.25, -0.2) is 4.79 Å². The van der Waals surface area contributed by atoms with Gasteiger partial charge in [-0.1, -0.05) is 23.7 Å². The number of piperazine rings is 1. The second-order valence-electron chi connectivity index (χ2n) is 9.61. The topological polar surface area (TPSA) is 66.1 Å². The maximum Gasteiger partial charge on any atom is 0.319 e. The van der Waals surface area contributed by atoms with E-state index in [1.165, 1.54) is 5.69 Å². The van der Waals surface area contributed by atoms with E-state index >= 15 is 0 Å². The van der Waals surface area contributed by atoms with Crippen LogP contribution in [0.4, 0.5) is 16.2 Å². The lowest BCUT2D eigenvalue weighted by Gasteiger charge is -2.43. The molecule has 1 saturated carbocycles. The van der Waals surface area contributed by atoms with E-state index in [-0.39, 0.29) is 18.2 Å². The predicted molar refractivity (Wildman–Crippen MR) is 142 cm³/mol. The number of benzene rings is 2. The van der Waals surface area contributed by atoms with Crippen LogP contribution < -0.4 is 25.0 Å². The van der Waals surface area contributed by atoms with E-state index in [9.17, 15) is 4.79 Å². The van der Waals surface area contributed by atoms with Crippen LogP contribution in [0.3, 0.4) is 0 Å². The van der Waals surface area contributed by atoms with Crippen molar-refractivity contribution in [3.63, 3.8) is 0 Å². The summed E-state index contributed by atoms with van der Waals surface area (Å²) < 4.78 is 11.3. The first-order valence-electron chi connectivity index (χ1n) is 12.6. The molecular formula is C27H37ClN4O3. The second kappa shape index (κ2) is 11.9. The Hall–Kier alpha value is -2.64. The van der Waals surface area contributed by atoms with E-state index in [2.05, 4.69) is 52.5 Å². The zero-order chi connectivity index (χ0) is 24.8. The molecule has 0 radical (unpaired) electrons. The molecule has 0 spiro atoms. The highest BCUT2D eigenvalue weighted by Crippen LogP contribution is 2.31. The van der Waals surface area contributed by atoms with E-state index < -0.39 is 0 Å². The van der Waals surface area contributed by atoms with Gasteiger partial charge in [-0.2, -0.15) is 0 Å². The molecule has 4 rings (SSSR count). The minimum Gasteiger partial charge on any atom is -0.495 e. The van der Waals surface area contributed by atoms with Crippen LogP contribution in [0.15, 0.2) is 42.5 Å². The number of halogens is 1. The van der Waals surface area contributed by atoms with Gasteiger partial charge in [-0.3, -0.25) is 4.90 Å². The lowest BCUT2D eigenvalue weighted by atomic mass is 9.90. The van der Waals surface area contributed by atoms with Crippen molar-refractivity contribution >= 4 is 29.0 Å². The second-order valence-corrected chi connectivity index (χ2v) is 10.0. The molecule has 0 aromatic heterocycles. The molecule has 2 aliphatic rings. The molecule has 0 bridgehead atoms. The fourth-order valence-corrected chi connectivity index (χ4v) is 5.28. The van der Waals surface area contributed by atoms with Gasteiger partial charge in [0.2, 0.25) is 0 Å². The number of nitrogens with zero attached hydrogens (tertiary/aromatic N) is 2. The number of rotatable bonds is 7. The number of urea groups is 1. The van der Waals surface area contributed by atoms with Crippen molar-refractivity contribution in [1.29, 1.82) is 0 Å². The maximum atomic E-state index is 12.6. The fraction of sp³-hybridized carbons (Fsp3) is 0.519. The molecule has 2 aromatic carbocycles. The zero-order valence-electron chi connectivity index (χ0n) is 20.9. The molecule has 2 fully saturated rings. The van der Waals surface area contributed by atoms with Crippen molar-refractivity contribution < 1.29 is 14.3 Å². The van der Waals surface area contributed by atoms with Crippen molar-refractivity contribution in [2.45, 2.75) is 57.7 Å². The number of ether oxygens (including phenoxy) is 2. The number of nitrogens with one attached hydrogen (secondary N) is 2. The number of amides is 2. The molecule has 8 heteroatoms. The number of para-hydroxylation sites is 2. The summed E-state index contributed by atoms with van der Waals surface area (Å²) in [5.41, 5.74) is 1.76. The number of hydrogen-bond acceptors (Lipinski definition) is 5. The first kappa shape index (κ1) is 25.5. The van der Waals surface area contributed by atoms with Crippen molar-refractivity contribution in [3.05, 3.63) is 47.5 Å². The third-order valence-electron chi connectivity index (χ3n) is 6.84. The summed E-state index contributed by atoms with van der Waals surface area (Å²) in [4.78, 5) is 17.6. The summed E-state index contributed by atoms with van der Waals surface area (Å²) >= 11 is 6.07. The van der Waals surface area contributed by atoms with Gasteiger partial charge in [0.05, 0.1) is 24.6 Å². The summed E-state index contributed by atoms with van der Waals surface area (Å²) in [6.07, 6.45) is 4.32. The van der Waals surface area contributed by atoms with Gasteiger partial charge in [0.1, 0.15) is 11.5 Å². The molecule has 1 aliphatic heterocycles. The molecule has 190 valence electrons. The monoisotopic (exact) mass is 500 g/mol. The van der Waals surface area contributed by atoms with Gasteiger partial charge in [0.25, 0.3) is 0 Å². The minimum atomic E-state index is -0.218. The minimum absolute atomic E-state index is 0.163.